The summed E-state index contributed by atoms with van der Waals surface area (Å²) in [4.78, 5) is 15.6. The smallest absolute Gasteiger partial charge is 0.433 e. The van der Waals surface area contributed by atoms with Crippen LogP contribution in [0.15, 0.2) is 24.4 Å². The van der Waals surface area contributed by atoms with E-state index < -0.39 is 17.8 Å². The molecule has 0 bridgehead atoms. The van der Waals surface area contributed by atoms with E-state index in [-0.39, 0.29) is 19.8 Å². The molecule has 2 unspecified atom stereocenters. The van der Waals surface area contributed by atoms with Gasteiger partial charge >= 0.3 is 6.16 Å². The van der Waals surface area contributed by atoms with Crippen molar-refractivity contribution in [1.82, 2.24) is 10.3 Å². The molecule has 7 nitrogen and oxygen atoms in total. The number of terminal acetylenes is 1. The Morgan fingerprint density at radius 2 is 2.29 bits per heavy atom. The number of hydrogen-bond acceptors (Lipinski definition) is 7. The first-order valence-corrected chi connectivity index (χ1v) is 7.67. The minimum atomic E-state index is -1.07. The topological polar surface area (TPSA) is 101 Å². The van der Waals surface area contributed by atoms with Gasteiger partial charge in [0.25, 0.3) is 0 Å². The van der Waals surface area contributed by atoms with E-state index in [1.54, 1.807) is 13.1 Å². The molecule has 0 aliphatic rings. The van der Waals surface area contributed by atoms with E-state index in [0.717, 1.165) is 5.69 Å². The Morgan fingerprint density at radius 1 is 1.50 bits per heavy atom. The molecule has 0 radical (unpaired) electrons. The molecular formula is C17H24N2O5. The molecule has 7 heteroatoms. The van der Waals surface area contributed by atoms with Crippen molar-refractivity contribution in [3.63, 3.8) is 0 Å². The van der Waals surface area contributed by atoms with Crippen molar-refractivity contribution < 1.29 is 24.5 Å². The van der Waals surface area contributed by atoms with Crippen LogP contribution in [0.1, 0.15) is 19.0 Å². The molecule has 1 heterocycles. The molecule has 3 N–H and O–H groups in total. The van der Waals surface area contributed by atoms with Crippen molar-refractivity contribution in [3.05, 3.63) is 30.1 Å². The molecule has 0 aromatic carbocycles. The highest BCUT2D eigenvalue weighted by molar-refractivity contribution is 5.59. The first-order chi connectivity index (χ1) is 11.5. The van der Waals surface area contributed by atoms with Crippen LogP contribution in [-0.4, -0.2) is 53.9 Å². The van der Waals surface area contributed by atoms with E-state index in [2.05, 4.69) is 16.2 Å². The Morgan fingerprint density at radius 3 is 2.92 bits per heavy atom. The predicted octanol–water partition coefficient (Wildman–Crippen LogP) is 0.707. The fourth-order valence-corrected chi connectivity index (χ4v) is 1.80. The van der Waals surface area contributed by atoms with Gasteiger partial charge in [-0.1, -0.05) is 13.0 Å². The van der Waals surface area contributed by atoms with Gasteiger partial charge < -0.3 is 19.7 Å². The third-order valence-corrected chi connectivity index (χ3v) is 3.45. The summed E-state index contributed by atoms with van der Waals surface area (Å²) in [5.74, 6) is 2.33. The van der Waals surface area contributed by atoms with E-state index in [4.69, 9.17) is 15.9 Å². The van der Waals surface area contributed by atoms with Crippen LogP contribution >= 0.6 is 0 Å². The summed E-state index contributed by atoms with van der Waals surface area (Å²) in [5.41, 5.74) is -0.175. The number of aliphatic hydroxyl groups excluding tert-OH is 2. The number of ether oxygens (including phenoxy) is 2. The van der Waals surface area contributed by atoms with Crippen molar-refractivity contribution in [2.24, 2.45) is 5.41 Å². The molecular weight excluding hydrogens is 312 g/mol. The van der Waals surface area contributed by atoms with Crippen LogP contribution in [0.2, 0.25) is 0 Å². The van der Waals surface area contributed by atoms with Gasteiger partial charge in [0.1, 0.15) is 19.4 Å². The normalized spacial score (nSPS) is 14.2. The number of carbonyl (C=O) groups is 1. The molecule has 0 spiro atoms. The number of hydrogen-bond donors (Lipinski definition) is 3. The van der Waals surface area contributed by atoms with Crippen molar-refractivity contribution in [2.75, 3.05) is 26.4 Å². The van der Waals surface area contributed by atoms with Crippen molar-refractivity contribution in [2.45, 2.75) is 26.0 Å². The summed E-state index contributed by atoms with van der Waals surface area (Å²) in [5, 5.41) is 22.6. The maximum Gasteiger partial charge on any atom is 0.508 e. The second-order valence-electron chi connectivity index (χ2n) is 5.58. The lowest BCUT2D eigenvalue weighted by atomic mass is 9.90. The lowest BCUT2D eigenvalue weighted by Gasteiger charge is -2.32. The highest BCUT2D eigenvalue weighted by Gasteiger charge is 2.34. The first-order valence-electron chi connectivity index (χ1n) is 7.67. The van der Waals surface area contributed by atoms with Crippen molar-refractivity contribution in [3.8, 4) is 12.3 Å². The SMILES string of the molecule is C#CCCOC(=O)OCC(C)(CO)C(O)NCCc1ccccn1. The highest BCUT2D eigenvalue weighted by Crippen LogP contribution is 2.20. The summed E-state index contributed by atoms with van der Waals surface area (Å²) < 4.78 is 9.67. The number of pyridine rings is 1. The van der Waals surface area contributed by atoms with Crippen LogP contribution in [0.25, 0.3) is 0 Å². The third-order valence-electron chi connectivity index (χ3n) is 3.45. The van der Waals surface area contributed by atoms with Crippen molar-refractivity contribution >= 4 is 6.16 Å². The molecule has 24 heavy (non-hydrogen) atoms. The zero-order valence-electron chi connectivity index (χ0n) is 13.8. The minimum absolute atomic E-state index is 0.0655. The Kier molecular flexibility index (Phi) is 8.79. The summed E-state index contributed by atoms with van der Waals surface area (Å²) in [6.45, 7) is 1.55. The number of nitrogens with zero attached hydrogens (tertiary/aromatic N) is 1. The van der Waals surface area contributed by atoms with Gasteiger partial charge in [-0.2, -0.15) is 0 Å². The van der Waals surface area contributed by atoms with Gasteiger partial charge in [-0.25, -0.2) is 4.79 Å². The molecule has 0 amide bonds. The van der Waals surface area contributed by atoms with Crippen LogP contribution in [0.4, 0.5) is 4.79 Å². The number of aliphatic hydroxyl groups is 2. The largest absolute Gasteiger partial charge is 0.508 e. The number of nitrogens with one attached hydrogen (secondary N) is 1. The molecule has 0 aliphatic carbocycles. The average molecular weight is 336 g/mol. The van der Waals surface area contributed by atoms with E-state index in [9.17, 15) is 15.0 Å². The zero-order chi connectivity index (χ0) is 17.8. The van der Waals surface area contributed by atoms with E-state index >= 15 is 0 Å². The van der Waals surface area contributed by atoms with Gasteiger partial charge in [0.2, 0.25) is 0 Å². The van der Waals surface area contributed by atoms with Gasteiger partial charge in [0, 0.05) is 31.3 Å². The number of aromatic nitrogens is 1. The lowest BCUT2D eigenvalue weighted by molar-refractivity contribution is -0.0698. The lowest BCUT2D eigenvalue weighted by Crippen LogP contribution is -2.49. The summed E-state index contributed by atoms with van der Waals surface area (Å²) in [6, 6.07) is 5.60. The molecule has 2 atom stereocenters. The first kappa shape index (κ1) is 19.9. The Balaban J connectivity index is 2.38. The highest BCUT2D eigenvalue weighted by atomic mass is 16.7. The summed E-state index contributed by atoms with van der Waals surface area (Å²) in [6.07, 6.45) is 5.71. The summed E-state index contributed by atoms with van der Waals surface area (Å²) >= 11 is 0. The van der Waals surface area contributed by atoms with Crippen LogP contribution in [0, 0.1) is 17.8 Å². The maximum atomic E-state index is 11.4. The second kappa shape index (κ2) is 10.6. The quantitative estimate of drug-likeness (QED) is 0.250. The standard InChI is InChI=1S/C17H24N2O5/c1-3-4-11-23-16(22)24-13-17(2,12-20)15(21)19-10-8-14-7-5-6-9-18-14/h1,5-7,9,15,19-21H,4,8,10-13H2,2H3. The number of carbonyl (C=O) groups excluding carboxylic acids is 1. The molecule has 0 aliphatic heterocycles. The van der Waals surface area contributed by atoms with Crippen LogP contribution in [0.5, 0.6) is 0 Å². The molecule has 1 aromatic heterocycles. The maximum absolute atomic E-state index is 11.4. The predicted molar refractivity (Wildman–Crippen MR) is 87.9 cm³/mol. The molecule has 132 valence electrons. The fourth-order valence-electron chi connectivity index (χ4n) is 1.80. The van der Waals surface area contributed by atoms with Gasteiger partial charge in [-0.15, -0.1) is 12.3 Å². The van der Waals surface area contributed by atoms with Crippen LogP contribution in [0.3, 0.4) is 0 Å². The summed E-state index contributed by atoms with van der Waals surface area (Å²) in [7, 11) is 0. The Bertz CT molecular complexity index is 532. The van der Waals surface area contributed by atoms with Crippen LogP contribution < -0.4 is 5.32 Å². The van der Waals surface area contributed by atoms with Gasteiger partial charge in [-0.3, -0.25) is 10.3 Å². The minimum Gasteiger partial charge on any atom is -0.433 e. The number of rotatable bonds is 10. The molecule has 1 rings (SSSR count). The van der Waals surface area contributed by atoms with E-state index in [1.165, 1.54) is 0 Å². The molecule has 0 saturated heterocycles. The fraction of sp³-hybridized carbons (Fsp3) is 0.529. The second-order valence-corrected chi connectivity index (χ2v) is 5.58. The Labute approximate surface area is 142 Å². The average Bonchev–Trinajstić information content (AvgIpc) is 2.60. The van der Waals surface area contributed by atoms with Gasteiger partial charge in [0.05, 0.1) is 12.0 Å². The molecule has 1 aromatic rings. The molecule has 0 fully saturated rings. The molecule has 0 saturated carbocycles. The van der Waals surface area contributed by atoms with Crippen LogP contribution in [-0.2, 0) is 15.9 Å². The Hall–Kier alpha value is -2.14. The van der Waals surface area contributed by atoms with Crippen molar-refractivity contribution in [1.29, 1.82) is 0 Å². The van der Waals surface area contributed by atoms with E-state index in [0.29, 0.717) is 19.4 Å². The van der Waals surface area contributed by atoms with E-state index in [1.807, 2.05) is 18.2 Å². The zero-order valence-corrected chi connectivity index (χ0v) is 13.8. The third kappa shape index (κ3) is 6.96. The monoisotopic (exact) mass is 336 g/mol. The van der Waals surface area contributed by atoms with Gasteiger partial charge in [0.15, 0.2) is 0 Å². The van der Waals surface area contributed by atoms with Gasteiger partial charge in [-0.05, 0) is 12.1 Å².